The second kappa shape index (κ2) is 9.15. The molecule has 1 aliphatic rings. The number of hydrogen-bond donors (Lipinski definition) is 0. The average molecular weight is 389 g/mol. The third kappa shape index (κ3) is 5.17. The molecule has 3 rings (SSSR count). The summed E-state index contributed by atoms with van der Waals surface area (Å²) in [6.07, 6.45) is 0.101. The van der Waals surface area contributed by atoms with Crippen molar-refractivity contribution in [2.45, 2.75) is 26.8 Å². The topological polar surface area (TPSA) is 58.6 Å². The molecular weight excluding hydrogens is 364 g/mol. The van der Waals surface area contributed by atoms with E-state index in [1.165, 1.54) is 5.56 Å². The highest BCUT2D eigenvalue weighted by Gasteiger charge is 2.22. The molecule has 0 saturated carbocycles. The molecule has 1 aromatic heterocycles. The molecule has 0 amide bonds. The number of anilines is 1. The third-order valence-electron chi connectivity index (χ3n) is 4.68. The predicted molar refractivity (Wildman–Crippen MR) is 106 cm³/mol. The van der Waals surface area contributed by atoms with E-state index in [1.54, 1.807) is 6.92 Å². The van der Waals surface area contributed by atoms with Gasteiger partial charge in [-0.15, -0.1) is 0 Å². The Bertz CT molecular complexity index is 754. The van der Waals surface area contributed by atoms with Crippen molar-refractivity contribution in [2.24, 2.45) is 0 Å². The zero-order valence-electron chi connectivity index (χ0n) is 15.8. The van der Waals surface area contributed by atoms with E-state index in [0.717, 1.165) is 38.4 Å². The first-order valence-electron chi connectivity index (χ1n) is 9.26. The molecule has 0 spiro atoms. The minimum atomic E-state index is -0.312. The van der Waals surface area contributed by atoms with Crippen LogP contribution in [0.25, 0.3) is 0 Å². The zero-order chi connectivity index (χ0) is 19.2. The molecule has 0 unspecified atom stereocenters. The summed E-state index contributed by atoms with van der Waals surface area (Å²) in [7, 11) is 0. The Balaban J connectivity index is 1.61. The van der Waals surface area contributed by atoms with Gasteiger partial charge in [-0.1, -0.05) is 41.9 Å². The fourth-order valence-corrected chi connectivity index (χ4v) is 3.47. The molecule has 1 fully saturated rings. The first-order valence-corrected chi connectivity index (χ1v) is 9.64. The van der Waals surface area contributed by atoms with E-state index in [0.29, 0.717) is 23.3 Å². The molecular formula is C20H25ClN4O2. The van der Waals surface area contributed by atoms with Crippen LogP contribution in [-0.4, -0.2) is 53.6 Å². The normalized spacial score (nSPS) is 15.0. The highest BCUT2D eigenvalue weighted by Crippen LogP contribution is 2.22. The van der Waals surface area contributed by atoms with Gasteiger partial charge in [-0.3, -0.25) is 9.69 Å². The molecule has 2 heterocycles. The van der Waals surface area contributed by atoms with E-state index in [4.69, 9.17) is 16.3 Å². The smallest absolute Gasteiger partial charge is 0.310 e. The van der Waals surface area contributed by atoms with Gasteiger partial charge in [0.2, 0.25) is 5.95 Å². The van der Waals surface area contributed by atoms with Crippen molar-refractivity contribution in [3.05, 3.63) is 52.3 Å². The van der Waals surface area contributed by atoms with Gasteiger partial charge in [0.05, 0.1) is 13.0 Å². The second-order valence-electron chi connectivity index (χ2n) is 6.61. The summed E-state index contributed by atoms with van der Waals surface area (Å²) in [6, 6.07) is 10.5. The summed E-state index contributed by atoms with van der Waals surface area (Å²) < 4.78 is 4.99. The molecule has 1 saturated heterocycles. The number of nitrogens with zero attached hydrogens (tertiary/aromatic N) is 4. The van der Waals surface area contributed by atoms with Gasteiger partial charge < -0.3 is 9.64 Å². The molecule has 0 radical (unpaired) electrons. The van der Waals surface area contributed by atoms with E-state index >= 15 is 0 Å². The van der Waals surface area contributed by atoms with E-state index in [-0.39, 0.29) is 12.4 Å². The van der Waals surface area contributed by atoms with Crippen LogP contribution in [0.4, 0.5) is 5.95 Å². The average Bonchev–Trinajstić information content (AvgIpc) is 2.66. The summed E-state index contributed by atoms with van der Waals surface area (Å²) in [5.41, 5.74) is 2.69. The maximum absolute atomic E-state index is 11.7. The number of halogens is 1. The van der Waals surface area contributed by atoms with Crippen molar-refractivity contribution in [1.29, 1.82) is 0 Å². The number of hydrogen-bond acceptors (Lipinski definition) is 6. The summed E-state index contributed by atoms with van der Waals surface area (Å²) in [5.74, 6) is 0.317. The van der Waals surface area contributed by atoms with Gasteiger partial charge in [0.1, 0.15) is 5.15 Å². The number of aromatic nitrogens is 2. The standard InChI is InChI=1S/C20H25ClN4O2/c1-3-27-18(26)13-17-15(2)22-20(23-19(17)21)25-11-9-24(10-12-25)14-16-7-5-4-6-8-16/h4-8H,3,9-14H2,1-2H3. The number of ether oxygens (including phenoxy) is 1. The van der Waals surface area contributed by atoms with E-state index in [1.807, 2.05) is 13.0 Å². The first kappa shape index (κ1) is 19.6. The summed E-state index contributed by atoms with van der Waals surface area (Å²) in [6.45, 7) is 8.52. The van der Waals surface area contributed by atoms with Crippen LogP contribution in [0.5, 0.6) is 0 Å². The molecule has 6 nitrogen and oxygen atoms in total. The maximum Gasteiger partial charge on any atom is 0.310 e. The quantitative estimate of drug-likeness (QED) is 0.560. The molecule has 7 heteroatoms. The first-order chi connectivity index (χ1) is 13.1. The Labute approximate surface area is 165 Å². The van der Waals surface area contributed by atoms with Crippen LogP contribution in [0.2, 0.25) is 5.15 Å². The summed E-state index contributed by atoms with van der Waals surface area (Å²) in [5, 5.41) is 0.331. The molecule has 0 aliphatic carbocycles. The third-order valence-corrected chi connectivity index (χ3v) is 4.99. The van der Waals surface area contributed by atoms with Crippen molar-refractivity contribution in [3.63, 3.8) is 0 Å². The Morgan fingerprint density at radius 3 is 2.48 bits per heavy atom. The van der Waals surface area contributed by atoms with Crippen LogP contribution >= 0.6 is 11.6 Å². The van der Waals surface area contributed by atoms with E-state index in [9.17, 15) is 4.79 Å². The van der Waals surface area contributed by atoms with Gasteiger partial charge in [0.25, 0.3) is 0 Å². The van der Waals surface area contributed by atoms with Crippen molar-refractivity contribution < 1.29 is 9.53 Å². The van der Waals surface area contributed by atoms with Crippen LogP contribution in [0, 0.1) is 6.92 Å². The van der Waals surface area contributed by atoms with Gasteiger partial charge in [-0.2, -0.15) is 0 Å². The number of benzene rings is 1. The maximum atomic E-state index is 11.7. The molecule has 0 bridgehead atoms. The molecule has 2 aromatic rings. The Hall–Kier alpha value is -2.18. The monoisotopic (exact) mass is 388 g/mol. The van der Waals surface area contributed by atoms with Gasteiger partial charge in [-0.05, 0) is 19.4 Å². The van der Waals surface area contributed by atoms with Gasteiger partial charge in [-0.25, -0.2) is 9.97 Å². The highest BCUT2D eigenvalue weighted by atomic mass is 35.5. The van der Waals surface area contributed by atoms with Gasteiger partial charge >= 0.3 is 5.97 Å². The number of carbonyl (C=O) groups excluding carboxylic acids is 1. The van der Waals surface area contributed by atoms with Crippen LogP contribution in [0.15, 0.2) is 30.3 Å². The lowest BCUT2D eigenvalue weighted by Gasteiger charge is -2.35. The van der Waals surface area contributed by atoms with Gasteiger partial charge in [0.15, 0.2) is 0 Å². The molecule has 1 aromatic carbocycles. The Kier molecular flexibility index (Phi) is 6.63. The van der Waals surface area contributed by atoms with Crippen LogP contribution in [-0.2, 0) is 22.5 Å². The largest absolute Gasteiger partial charge is 0.466 e. The molecule has 144 valence electrons. The molecule has 0 atom stereocenters. The van der Waals surface area contributed by atoms with Crippen molar-refractivity contribution in [2.75, 3.05) is 37.7 Å². The fourth-order valence-electron chi connectivity index (χ4n) is 3.19. The molecule has 27 heavy (non-hydrogen) atoms. The zero-order valence-corrected chi connectivity index (χ0v) is 16.6. The molecule has 0 N–H and O–H groups in total. The lowest BCUT2D eigenvalue weighted by molar-refractivity contribution is -0.142. The second-order valence-corrected chi connectivity index (χ2v) is 6.97. The SMILES string of the molecule is CCOC(=O)Cc1c(C)nc(N2CCN(Cc3ccccc3)CC2)nc1Cl. The Morgan fingerprint density at radius 1 is 1.15 bits per heavy atom. The number of carbonyl (C=O) groups is 1. The van der Waals surface area contributed by atoms with E-state index < -0.39 is 0 Å². The predicted octanol–water partition coefficient (Wildman–Crippen LogP) is 2.87. The summed E-state index contributed by atoms with van der Waals surface area (Å²) in [4.78, 5) is 25.3. The van der Waals surface area contributed by atoms with Crippen LogP contribution < -0.4 is 4.90 Å². The number of esters is 1. The Morgan fingerprint density at radius 2 is 1.85 bits per heavy atom. The van der Waals surface area contributed by atoms with E-state index in [2.05, 4.69) is 44.0 Å². The number of rotatable bonds is 6. The lowest BCUT2D eigenvalue weighted by atomic mass is 10.2. The number of piperazine rings is 1. The highest BCUT2D eigenvalue weighted by molar-refractivity contribution is 6.30. The van der Waals surface area contributed by atoms with Crippen molar-refractivity contribution in [3.8, 4) is 0 Å². The minimum absolute atomic E-state index is 0.101. The fraction of sp³-hybridized carbons (Fsp3) is 0.450. The number of aryl methyl sites for hydroxylation is 1. The lowest BCUT2D eigenvalue weighted by Crippen LogP contribution is -2.46. The van der Waals surface area contributed by atoms with Crippen molar-refractivity contribution >= 4 is 23.5 Å². The van der Waals surface area contributed by atoms with Crippen LogP contribution in [0.3, 0.4) is 0 Å². The molecule has 1 aliphatic heterocycles. The van der Waals surface area contributed by atoms with Gasteiger partial charge in [0, 0.05) is 44.0 Å². The van der Waals surface area contributed by atoms with Crippen molar-refractivity contribution in [1.82, 2.24) is 14.9 Å². The minimum Gasteiger partial charge on any atom is -0.466 e. The van der Waals surface area contributed by atoms with Crippen LogP contribution in [0.1, 0.15) is 23.7 Å². The summed E-state index contributed by atoms with van der Waals surface area (Å²) >= 11 is 6.34.